The molecular weight excluding hydrogens is 407 g/mol. The van der Waals surface area contributed by atoms with E-state index in [1.807, 2.05) is 26.8 Å². The van der Waals surface area contributed by atoms with Crippen molar-refractivity contribution in [3.05, 3.63) is 77.5 Å². The molecular formula is C25H27FN4O2. The van der Waals surface area contributed by atoms with Gasteiger partial charge in [0.25, 0.3) is 5.91 Å². The third-order valence-corrected chi connectivity index (χ3v) is 5.36. The zero-order chi connectivity index (χ0) is 23.3. The molecule has 1 aromatic heterocycles. The topological polar surface area (TPSA) is 70.6 Å². The summed E-state index contributed by atoms with van der Waals surface area (Å²) in [5, 5.41) is 7.04. The number of hydrogen-bond donors (Lipinski definition) is 1. The first-order valence-corrected chi connectivity index (χ1v) is 10.3. The molecule has 0 saturated heterocycles. The van der Waals surface area contributed by atoms with Crippen LogP contribution in [0.2, 0.25) is 0 Å². The van der Waals surface area contributed by atoms with Crippen molar-refractivity contribution < 1.29 is 13.9 Å². The van der Waals surface area contributed by atoms with E-state index in [1.165, 1.54) is 12.1 Å². The van der Waals surface area contributed by atoms with Gasteiger partial charge in [-0.2, -0.15) is 5.10 Å². The van der Waals surface area contributed by atoms with Gasteiger partial charge in [-0.05, 0) is 68.9 Å². The summed E-state index contributed by atoms with van der Waals surface area (Å²) in [4.78, 5) is 18.9. The lowest BCUT2D eigenvalue weighted by atomic mass is 10.00. The van der Waals surface area contributed by atoms with E-state index in [0.29, 0.717) is 23.5 Å². The van der Waals surface area contributed by atoms with Gasteiger partial charge in [-0.15, -0.1) is 0 Å². The average molecular weight is 435 g/mol. The first-order valence-electron chi connectivity index (χ1n) is 10.3. The van der Waals surface area contributed by atoms with Gasteiger partial charge in [0.1, 0.15) is 11.6 Å². The first kappa shape index (κ1) is 22.9. The molecule has 2 aromatic carbocycles. The van der Waals surface area contributed by atoms with Gasteiger partial charge in [0.15, 0.2) is 0 Å². The minimum Gasteiger partial charge on any atom is -0.493 e. The number of rotatable bonds is 8. The van der Waals surface area contributed by atoms with Gasteiger partial charge in [-0.25, -0.2) is 4.39 Å². The van der Waals surface area contributed by atoms with Crippen molar-refractivity contribution in [1.82, 2.24) is 15.1 Å². The molecule has 7 heteroatoms. The van der Waals surface area contributed by atoms with Crippen molar-refractivity contribution in [2.24, 2.45) is 4.99 Å². The number of ether oxygens (including phenoxy) is 1. The standard InChI is InChI=1S/C25H27FN4O2/c1-6-32-23-13-19(10-11-21(23)18-8-7-9-20(26)12-18)25(31)30(5)17(3)22(15-27-4)24-16(2)14-28-29-24/h7-15,17H,4,6H2,1-3,5H3,(H,28,29)/b22-15-/t17-/m0/s1. The molecule has 0 spiro atoms. The van der Waals surface area contributed by atoms with Crippen LogP contribution in [-0.4, -0.2) is 47.4 Å². The molecule has 1 heterocycles. The quantitative estimate of drug-likeness (QED) is 0.500. The van der Waals surface area contributed by atoms with Gasteiger partial charge in [0.05, 0.1) is 24.5 Å². The summed E-state index contributed by atoms with van der Waals surface area (Å²) in [5.41, 5.74) is 4.43. The van der Waals surface area contributed by atoms with Gasteiger partial charge in [-0.3, -0.25) is 14.9 Å². The minimum absolute atomic E-state index is 0.184. The van der Waals surface area contributed by atoms with E-state index < -0.39 is 0 Å². The fourth-order valence-electron chi connectivity index (χ4n) is 3.53. The van der Waals surface area contributed by atoms with Crippen molar-refractivity contribution in [2.75, 3.05) is 13.7 Å². The molecule has 3 rings (SSSR count). The number of nitrogens with zero attached hydrogens (tertiary/aromatic N) is 3. The number of H-pyrrole nitrogens is 1. The lowest BCUT2D eigenvalue weighted by Gasteiger charge is -2.27. The van der Waals surface area contributed by atoms with E-state index in [2.05, 4.69) is 21.9 Å². The molecule has 0 aliphatic carbocycles. The maximum atomic E-state index is 13.7. The minimum atomic E-state index is -0.331. The molecule has 1 amide bonds. The van der Waals surface area contributed by atoms with E-state index in [4.69, 9.17) is 4.74 Å². The number of aryl methyl sites for hydroxylation is 1. The number of hydrogen-bond acceptors (Lipinski definition) is 4. The number of aliphatic imine (C=N–C) groups is 1. The van der Waals surface area contributed by atoms with E-state index in [0.717, 1.165) is 22.4 Å². The third kappa shape index (κ3) is 4.77. The Bertz CT molecular complexity index is 1150. The monoisotopic (exact) mass is 434 g/mol. The fraction of sp³-hybridized carbons (Fsp3) is 0.240. The molecule has 3 aromatic rings. The maximum Gasteiger partial charge on any atom is 0.254 e. The number of nitrogens with one attached hydrogen (secondary N) is 1. The van der Waals surface area contributed by atoms with Crippen LogP contribution in [0.15, 0.2) is 59.9 Å². The Hall–Kier alpha value is -3.74. The van der Waals surface area contributed by atoms with Gasteiger partial charge >= 0.3 is 0 Å². The Morgan fingerprint density at radius 2 is 2.12 bits per heavy atom. The summed E-state index contributed by atoms with van der Waals surface area (Å²) >= 11 is 0. The SMILES string of the molecule is C=N/C=C(\c1[nH]ncc1C)[C@H](C)N(C)C(=O)c1ccc(-c2cccc(F)c2)c(OCC)c1. The van der Waals surface area contributed by atoms with Gasteiger partial charge in [0.2, 0.25) is 0 Å². The van der Waals surface area contributed by atoms with Gasteiger partial charge < -0.3 is 9.64 Å². The highest BCUT2D eigenvalue weighted by molar-refractivity contribution is 5.96. The molecule has 0 aliphatic heterocycles. The van der Waals surface area contributed by atoms with Crippen molar-refractivity contribution in [1.29, 1.82) is 0 Å². The Kier molecular flexibility index (Phi) is 7.20. The summed E-state index contributed by atoms with van der Waals surface area (Å²) in [7, 11) is 1.73. The van der Waals surface area contributed by atoms with Gasteiger partial charge in [0, 0.05) is 29.9 Å². The van der Waals surface area contributed by atoms with Crippen molar-refractivity contribution in [3.63, 3.8) is 0 Å². The molecule has 1 atom stereocenters. The molecule has 0 radical (unpaired) electrons. The number of carbonyl (C=O) groups is 1. The summed E-state index contributed by atoms with van der Waals surface area (Å²) in [5.74, 6) is 0.0113. The number of aromatic nitrogens is 2. The summed E-state index contributed by atoms with van der Waals surface area (Å²) < 4.78 is 19.5. The Labute approximate surface area is 187 Å². The lowest BCUT2D eigenvalue weighted by molar-refractivity contribution is 0.0773. The lowest BCUT2D eigenvalue weighted by Crippen LogP contribution is -2.36. The second-order valence-electron chi connectivity index (χ2n) is 7.44. The average Bonchev–Trinajstić information content (AvgIpc) is 3.21. The predicted molar refractivity (Wildman–Crippen MR) is 125 cm³/mol. The highest BCUT2D eigenvalue weighted by Gasteiger charge is 2.24. The molecule has 0 unspecified atom stereocenters. The Balaban J connectivity index is 1.94. The van der Waals surface area contributed by atoms with Crippen LogP contribution in [0.1, 0.15) is 35.5 Å². The Morgan fingerprint density at radius 1 is 1.34 bits per heavy atom. The molecule has 6 nitrogen and oxygen atoms in total. The zero-order valence-electron chi connectivity index (χ0n) is 18.7. The van der Waals surface area contributed by atoms with Crippen molar-refractivity contribution in [3.8, 4) is 16.9 Å². The second kappa shape index (κ2) is 10.0. The number of carbonyl (C=O) groups excluding carboxylic acids is 1. The van der Waals surface area contributed by atoms with Crippen LogP contribution in [-0.2, 0) is 0 Å². The number of aromatic amines is 1. The van der Waals surface area contributed by atoms with Crippen LogP contribution in [0.4, 0.5) is 4.39 Å². The number of amides is 1. The van der Waals surface area contributed by atoms with Crippen LogP contribution >= 0.6 is 0 Å². The zero-order valence-corrected chi connectivity index (χ0v) is 18.7. The molecule has 0 saturated carbocycles. The molecule has 0 bridgehead atoms. The highest BCUT2D eigenvalue weighted by atomic mass is 19.1. The van der Waals surface area contributed by atoms with E-state index in [-0.39, 0.29) is 17.8 Å². The molecule has 0 fully saturated rings. The van der Waals surface area contributed by atoms with Gasteiger partial charge in [-0.1, -0.05) is 12.1 Å². The van der Waals surface area contributed by atoms with Crippen LogP contribution in [0.25, 0.3) is 16.7 Å². The normalized spacial score (nSPS) is 12.3. The maximum absolute atomic E-state index is 13.7. The molecule has 32 heavy (non-hydrogen) atoms. The van der Waals surface area contributed by atoms with Crippen molar-refractivity contribution >= 4 is 18.2 Å². The molecule has 1 N–H and O–H groups in total. The molecule has 166 valence electrons. The summed E-state index contributed by atoms with van der Waals surface area (Å²) in [6, 6.07) is 11.2. The van der Waals surface area contributed by atoms with Crippen LogP contribution in [0.3, 0.4) is 0 Å². The number of halogens is 1. The van der Waals surface area contributed by atoms with E-state index in [1.54, 1.807) is 48.6 Å². The predicted octanol–water partition coefficient (Wildman–Crippen LogP) is 5.13. The molecule has 0 aliphatic rings. The van der Waals surface area contributed by atoms with E-state index in [9.17, 15) is 9.18 Å². The largest absolute Gasteiger partial charge is 0.493 e. The Morgan fingerprint density at radius 3 is 2.75 bits per heavy atom. The van der Waals surface area contributed by atoms with Crippen LogP contribution in [0, 0.1) is 12.7 Å². The summed E-state index contributed by atoms with van der Waals surface area (Å²) in [6.07, 6.45) is 3.36. The highest BCUT2D eigenvalue weighted by Crippen LogP contribution is 2.32. The second-order valence-corrected chi connectivity index (χ2v) is 7.44. The number of likely N-dealkylation sites (N-methyl/N-ethyl adjacent to an activating group) is 1. The number of benzene rings is 2. The summed E-state index contributed by atoms with van der Waals surface area (Å²) in [6.45, 7) is 9.69. The van der Waals surface area contributed by atoms with E-state index >= 15 is 0 Å². The van der Waals surface area contributed by atoms with Crippen LogP contribution in [0.5, 0.6) is 5.75 Å². The smallest absolute Gasteiger partial charge is 0.254 e. The first-order chi connectivity index (χ1) is 15.4. The van der Waals surface area contributed by atoms with Crippen LogP contribution < -0.4 is 4.74 Å². The van der Waals surface area contributed by atoms with Crippen molar-refractivity contribution in [2.45, 2.75) is 26.8 Å². The fourth-order valence-corrected chi connectivity index (χ4v) is 3.53. The third-order valence-electron chi connectivity index (χ3n) is 5.36.